The number of halogens is 1. The Kier molecular flexibility index (Phi) is 4.82. The summed E-state index contributed by atoms with van der Waals surface area (Å²) in [7, 11) is 0. The second-order valence-corrected chi connectivity index (χ2v) is 6.64. The third-order valence-corrected chi connectivity index (χ3v) is 4.30. The van der Waals surface area contributed by atoms with E-state index < -0.39 is 29.6 Å². The van der Waals surface area contributed by atoms with Crippen LogP contribution >= 0.6 is 15.9 Å². The average Bonchev–Trinajstić information content (AvgIpc) is 2.59. The molecule has 0 saturated heterocycles. The van der Waals surface area contributed by atoms with Crippen LogP contribution < -0.4 is 4.74 Å². The van der Waals surface area contributed by atoms with Crippen molar-refractivity contribution in [3.8, 4) is 5.75 Å². The normalized spacial score (nSPS) is 21.3. The smallest absolute Gasteiger partial charge is 0.326 e. The summed E-state index contributed by atoms with van der Waals surface area (Å²) < 4.78 is 17.4. The van der Waals surface area contributed by atoms with Gasteiger partial charge in [0.25, 0.3) is 0 Å². The van der Waals surface area contributed by atoms with Gasteiger partial charge in [0.2, 0.25) is 11.9 Å². The maximum absolute atomic E-state index is 13.1. The highest BCUT2D eigenvalue weighted by Crippen LogP contribution is 2.43. The van der Waals surface area contributed by atoms with E-state index in [-0.39, 0.29) is 11.3 Å². The van der Waals surface area contributed by atoms with E-state index in [1.165, 1.54) is 13.8 Å². The van der Waals surface area contributed by atoms with Crippen LogP contribution in [0.3, 0.4) is 0 Å². The first-order valence-electron chi connectivity index (χ1n) is 7.78. The van der Waals surface area contributed by atoms with Crippen molar-refractivity contribution in [1.29, 1.82) is 0 Å². The molecule has 0 bridgehead atoms. The molecule has 1 aliphatic heterocycles. The summed E-state index contributed by atoms with van der Waals surface area (Å²) in [4.78, 5) is 36.6. The van der Waals surface area contributed by atoms with Gasteiger partial charge in [-0.1, -0.05) is 46.3 Å². The minimum absolute atomic E-state index is 0.226. The number of Topliss-reactive ketones (excluding diaryl/α,β-unsaturated/α-hetero) is 1. The Morgan fingerprint density at radius 1 is 1.08 bits per heavy atom. The van der Waals surface area contributed by atoms with E-state index in [1.807, 2.05) is 0 Å². The van der Waals surface area contributed by atoms with E-state index in [9.17, 15) is 14.4 Å². The van der Waals surface area contributed by atoms with E-state index in [0.29, 0.717) is 10.0 Å². The number of carbonyl (C=O) groups excluding carboxylic acids is 3. The lowest BCUT2D eigenvalue weighted by Gasteiger charge is -2.41. The van der Waals surface area contributed by atoms with Gasteiger partial charge < -0.3 is 14.2 Å². The Bertz CT molecular complexity index is 879. The summed E-state index contributed by atoms with van der Waals surface area (Å²) in [6.45, 7) is 2.37. The molecule has 2 aromatic carbocycles. The lowest BCUT2D eigenvalue weighted by Crippen LogP contribution is -2.56. The standard InChI is InChI=1S/C19H15BrO6/c1-11(21)24-18-17(23)15-10-14(20)8-9-16(15)26-19(18,25-12(2)22)13-6-4-3-5-7-13/h3-10,18H,1-2H3. The molecular formula is C19H15BrO6. The molecule has 6 nitrogen and oxygen atoms in total. The van der Waals surface area contributed by atoms with Gasteiger partial charge in [-0.15, -0.1) is 0 Å². The molecule has 7 heteroatoms. The monoisotopic (exact) mass is 418 g/mol. The Balaban J connectivity index is 2.25. The fourth-order valence-electron chi connectivity index (χ4n) is 2.84. The topological polar surface area (TPSA) is 78.9 Å². The molecule has 0 aromatic heterocycles. The first kappa shape index (κ1) is 18.1. The number of hydrogen-bond acceptors (Lipinski definition) is 6. The molecule has 0 fully saturated rings. The molecule has 1 aliphatic rings. The van der Waals surface area contributed by atoms with E-state index in [4.69, 9.17) is 14.2 Å². The fourth-order valence-corrected chi connectivity index (χ4v) is 3.20. The molecule has 0 N–H and O–H groups in total. The van der Waals surface area contributed by atoms with Gasteiger partial charge in [-0.25, -0.2) is 0 Å². The maximum atomic E-state index is 13.1. The van der Waals surface area contributed by atoms with Crippen LogP contribution in [-0.2, 0) is 24.8 Å². The lowest BCUT2D eigenvalue weighted by atomic mass is 9.90. The van der Waals surface area contributed by atoms with Gasteiger partial charge in [0.15, 0.2) is 0 Å². The van der Waals surface area contributed by atoms with Crippen molar-refractivity contribution in [3.05, 3.63) is 64.1 Å². The Labute approximate surface area is 158 Å². The first-order chi connectivity index (χ1) is 12.3. The largest absolute Gasteiger partial charge is 0.445 e. The Morgan fingerprint density at radius 2 is 1.77 bits per heavy atom. The number of esters is 2. The van der Waals surface area contributed by atoms with E-state index in [2.05, 4.69) is 15.9 Å². The van der Waals surface area contributed by atoms with Crippen LogP contribution in [0.5, 0.6) is 5.75 Å². The van der Waals surface area contributed by atoms with Crippen molar-refractivity contribution in [2.45, 2.75) is 25.7 Å². The van der Waals surface area contributed by atoms with Crippen molar-refractivity contribution in [2.75, 3.05) is 0 Å². The van der Waals surface area contributed by atoms with E-state index in [0.717, 1.165) is 0 Å². The second kappa shape index (κ2) is 6.92. The molecule has 0 spiro atoms. The molecule has 134 valence electrons. The van der Waals surface area contributed by atoms with Gasteiger partial charge >= 0.3 is 17.7 Å². The summed E-state index contributed by atoms with van der Waals surface area (Å²) in [5.74, 6) is -3.58. The zero-order valence-corrected chi connectivity index (χ0v) is 15.6. The second-order valence-electron chi connectivity index (χ2n) is 5.72. The third-order valence-electron chi connectivity index (χ3n) is 3.81. The molecule has 1 heterocycles. The zero-order valence-electron chi connectivity index (χ0n) is 14.0. The van der Waals surface area contributed by atoms with Gasteiger partial charge in [-0.05, 0) is 18.2 Å². The number of ether oxygens (including phenoxy) is 3. The van der Waals surface area contributed by atoms with E-state index >= 15 is 0 Å². The van der Waals surface area contributed by atoms with Crippen LogP contribution in [0.15, 0.2) is 53.0 Å². The molecule has 2 aromatic rings. The van der Waals surface area contributed by atoms with Crippen molar-refractivity contribution in [2.24, 2.45) is 0 Å². The molecule has 26 heavy (non-hydrogen) atoms. The quantitative estimate of drug-likeness (QED) is 0.710. The van der Waals surface area contributed by atoms with Crippen LogP contribution in [0.1, 0.15) is 29.8 Å². The van der Waals surface area contributed by atoms with Crippen molar-refractivity contribution in [3.63, 3.8) is 0 Å². The van der Waals surface area contributed by atoms with E-state index in [1.54, 1.807) is 48.5 Å². The Morgan fingerprint density at radius 3 is 2.38 bits per heavy atom. The van der Waals surface area contributed by atoms with Gasteiger partial charge in [-0.3, -0.25) is 14.4 Å². The minimum Gasteiger partial charge on any atom is -0.445 e. The zero-order chi connectivity index (χ0) is 18.9. The van der Waals surface area contributed by atoms with Crippen LogP contribution in [-0.4, -0.2) is 23.8 Å². The van der Waals surface area contributed by atoms with Crippen molar-refractivity contribution >= 4 is 33.7 Å². The highest BCUT2D eigenvalue weighted by Gasteiger charge is 2.56. The molecule has 0 aliphatic carbocycles. The molecular weight excluding hydrogens is 404 g/mol. The van der Waals surface area contributed by atoms with Crippen molar-refractivity contribution < 1.29 is 28.6 Å². The average molecular weight is 419 g/mol. The molecule has 0 radical (unpaired) electrons. The van der Waals surface area contributed by atoms with Crippen LogP contribution in [0.25, 0.3) is 0 Å². The van der Waals surface area contributed by atoms with Gasteiger partial charge in [-0.2, -0.15) is 0 Å². The number of carbonyl (C=O) groups is 3. The lowest BCUT2D eigenvalue weighted by molar-refractivity contribution is -0.238. The third kappa shape index (κ3) is 3.22. The van der Waals surface area contributed by atoms with Gasteiger partial charge in [0.1, 0.15) is 5.75 Å². The highest BCUT2D eigenvalue weighted by atomic mass is 79.9. The molecule has 2 unspecified atom stereocenters. The summed E-state index contributed by atoms with van der Waals surface area (Å²) >= 11 is 3.30. The van der Waals surface area contributed by atoms with Crippen LogP contribution in [0, 0.1) is 0 Å². The number of ketones is 1. The predicted molar refractivity (Wildman–Crippen MR) is 94.5 cm³/mol. The maximum Gasteiger partial charge on any atom is 0.326 e. The predicted octanol–water partition coefficient (Wildman–Crippen LogP) is 3.37. The molecule has 0 saturated carbocycles. The summed E-state index contributed by atoms with van der Waals surface area (Å²) in [5, 5.41) is 0. The van der Waals surface area contributed by atoms with Crippen molar-refractivity contribution in [1.82, 2.24) is 0 Å². The van der Waals surface area contributed by atoms with Crippen LogP contribution in [0.4, 0.5) is 0 Å². The van der Waals surface area contributed by atoms with Crippen LogP contribution in [0.2, 0.25) is 0 Å². The Hall–Kier alpha value is -2.67. The van der Waals surface area contributed by atoms with Gasteiger partial charge in [0.05, 0.1) is 5.56 Å². The number of fused-ring (bicyclic) bond motifs is 1. The highest BCUT2D eigenvalue weighted by molar-refractivity contribution is 9.10. The summed E-state index contributed by atoms with van der Waals surface area (Å²) in [6, 6.07) is 13.3. The fraction of sp³-hybridized carbons (Fsp3) is 0.211. The minimum atomic E-state index is -1.91. The van der Waals surface area contributed by atoms with Gasteiger partial charge in [0, 0.05) is 23.9 Å². The first-order valence-corrected chi connectivity index (χ1v) is 8.58. The number of hydrogen-bond donors (Lipinski definition) is 0. The number of benzene rings is 2. The molecule has 0 amide bonds. The SMILES string of the molecule is CC(=O)OC1C(=O)c2cc(Br)ccc2OC1(OC(C)=O)c1ccccc1. The molecule has 2 atom stereocenters. The number of rotatable bonds is 3. The summed E-state index contributed by atoms with van der Waals surface area (Å²) in [5.41, 5.74) is 0.604. The summed E-state index contributed by atoms with van der Waals surface area (Å²) in [6.07, 6.45) is -1.48. The molecule has 3 rings (SSSR count).